The Hall–Kier alpha value is -1.23. The molecule has 0 amide bonds. The summed E-state index contributed by atoms with van der Waals surface area (Å²) < 4.78 is 50.7. The highest BCUT2D eigenvalue weighted by Crippen LogP contribution is 2.23. The molecule has 11 heteroatoms. The second kappa shape index (κ2) is 4.95. The van der Waals surface area contributed by atoms with Crippen LogP contribution in [-0.2, 0) is 30.9 Å². The highest BCUT2D eigenvalue weighted by Gasteiger charge is 2.18. The summed E-state index contributed by atoms with van der Waals surface area (Å²) in [7, 11) is -7.36. The van der Waals surface area contributed by atoms with Gasteiger partial charge in [0.1, 0.15) is 17.3 Å². The molecule has 0 radical (unpaired) electrons. The minimum absolute atomic E-state index is 0.0702. The van der Waals surface area contributed by atoms with Gasteiger partial charge in [-0.25, -0.2) is 13.4 Å². The van der Waals surface area contributed by atoms with Crippen LogP contribution in [0.25, 0.3) is 10.9 Å². The van der Waals surface area contributed by atoms with Gasteiger partial charge in [-0.1, -0.05) is 11.6 Å². The summed E-state index contributed by atoms with van der Waals surface area (Å²) in [5.74, 6) is 0. The van der Waals surface area contributed by atoms with Gasteiger partial charge in [0.2, 0.25) is 0 Å². The van der Waals surface area contributed by atoms with Gasteiger partial charge in [-0.15, -0.1) is 0 Å². The van der Waals surface area contributed by atoms with Gasteiger partial charge >= 0.3 is 0 Å². The fourth-order valence-electron chi connectivity index (χ4n) is 1.58. The number of pyridine rings is 1. The smallest absolute Gasteiger partial charge is 0.264 e. The lowest BCUT2D eigenvalue weighted by molar-refractivity contribution is 0.308. The predicted molar refractivity (Wildman–Crippen MR) is 72.4 cm³/mol. The van der Waals surface area contributed by atoms with Crippen molar-refractivity contribution in [3.63, 3.8) is 0 Å². The molecule has 0 aliphatic rings. The van der Waals surface area contributed by atoms with Crippen LogP contribution in [0.15, 0.2) is 12.3 Å². The number of hydrogen-bond acceptors (Lipinski definition) is 7. The SMILES string of the molecule is CS(=O)(=O)OCc1nc(Cl)cc2cnn(S(C)(=O)=O)c12. The molecule has 2 heterocycles. The van der Waals surface area contributed by atoms with Crippen LogP contribution in [-0.4, -0.2) is 43.5 Å². The largest absolute Gasteiger partial charge is 0.264 e. The Morgan fingerprint density at radius 1 is 1.30 bits per heavy atom. The molecule has 0 saturated heterocycles. The van der Waals surface area contributed by atoms with E-state index in [1.54, 1.807) is 0 Å². The zero-order valence-electron chi connectivity index (χ0n) is 10.4. The third-order valence-electron chi connectivity index (χ3n) is 2.28. The fourth-order valence-corrected chi connectivity index (χ4v) is 2.89. The van der Waals surface area contributed by atoms with E-state index in [9.17, 15) is 16.8 Å². The van der Waals surface area contributed by atoms with E-state index in [-0.39, 0.29) is 16.4 Å². The van der Waals surface area contributed by atoms with Crippen LogP contribution in [0.2, 0.25) is 5.15 Å². The van der Waals surface area contributed by atoms with Crippen LogP contribution >= 0.6 is 11.6 Å². The molecule has 2 aromatic rings. The molecule has 8 nitrogen and oxygen atoms in total. The lowest BCUT2D eigenvalue weighted by Gasteiger charge is -2.06. The van der Waals surface area contributed by atoms with Crippen molar-refractivity contribution in [1.82, 2.24) is 14.2 Å². The summed E-state index contributed by atoms with van der Waals surface area (Å²) in [5, 5.41) is 4.24. The van der Waals surface area contributed by atoms with E-state index in [2.05, 4.69) is 14.3 Å². The van der Waals surface area contributed by atoms with Crippen molar-refractivity contribution in [1.29, 1.82) is 0 Å². The summed E-state index contributed by atoms with van der Waals surface area (Å²) in [6.07, 6.45) is 3.14. The third-order valence-corrected chi connectivity index (χ3v) is 3.92. The highest BCUT2D eigenvalue weighted by atomic mass is 35.5. The molecule has 110 valence electrons. The summed E-state index contributed by atoms with van der Waals surface area (Å²) in [6.45, 7) is -0.433. The van der Waals surface area contributed by atoms with Crippen molar-refractivity contribution in [3.05, 3.63) is 23.1 Å². The molecule has 0 N–H and O–H groups in total. The molecule has 0 aromatic carbocycles. The minimum atomic E-state index is -3.70. The van der Waals surface area contributed by atoms with Crippen LogP contribution < -0.4 is 0 Å². The molecule has 0 aliphatic heterocycles. The molecule has 20 heavy (non-hydrogen) atoms. The van der Waals surface area contributed by atoms with Gasteiger partial charge in [0.25, 0.3) is 20.1 Å². The van der Waals surface area contributed by atoms with Crippen molar-refractivity contribution < 1.29 is 21.0 Å². The van der Waals surface area contributed by atoms with Gasteiger partial charge < -0.3 is 0 Å². The Labute approximate surface area is 120 Å². The first-order valence-corrected chi connectivity index (χ1v) is 9.20. The number of nitrogens with zero attached hydrogens (tertiary/aromatic N) is 3. The number of fused-ring (bicyclic) bond motifs is 1. The Morgan fingerprint density at radius 3 is 2.50 bits per heavy atom. The fraction of sp³-hybridized carbons (Fsp3) is 0.333. The average molecular weight is 340 g/mol. The van der Waals surface area contributed by atoms with E-state index < -0.39 is 26.7 Å². The normalized spacial score (nSPS) is 12.9. The topological polar surface area (TPSA) is 108 Å². The Balaban J connectivity index is 2.65. The van der Waals surface area contributed by atoms with Crippen molar-refractivity contribution in [2.75, 3.05) is 12.5 Å². The van der Waals surface area contributed by atoms with Gasteiger partial charge in [-0.2, -0.15) is 17.6 Å². The molecular formula is C9H10ClN3O5S2. The van der Waals surface area contributed by atoms with Crippen LogP contribution in [0.4, 0.5) is 0 Å². The number of aromatic nitrogens is 3. The third kappa shape index (κ3) is 3.26. The maximum absolute atomic E-state index is 11.6. The number of rotatable bonds is 4. The molecule has 0 fully saturated rings. The van der Waals surface area contributed by atoms with Gasteiger partial charge in [-0.05, 0) is 6.07 Å². The molecule has 0 bridgehead atoms. The first-order chi connectivity index (χ1) is 9.08. The van der Waals surface area contributed by atoms with Gasteiger partial charge in [0.05, 0.1) is 24.4 Å². The molecule has 0 saturated carbocycles. The number of hydrogen-bond donors (Lipinski definition) is 0. The zero-order valence-corrected chi connectivity index (χ0v) is 12.8. The zero-order chi connectivity index (χ0) is 15.1. The van der Waals surface area contributed by atoms with Crippen LogP contribution in [0.3, 0.4) is 0 Å². The van der Waals surface area contributed by atoms with Crippen molar-refractivity contribution in [2.45, 2.75) is 6.61 Å². The Morgan fingerprint density at radius 2 is 1.95 bits per heavy atom. The van der Waals surface area contributed by atoms with Gasteiger partial charge in [0, 0.05) is 5.39 Å². The van der Waals surface area contributed by atoms with E-state index in [4.69, 9.17) is 11.6 Å². The molecule has 2 aromatic heterocycles. The van der Waals surface area contributed by atoms with Crippen LogP contribution in [0, 0.1) is 0 Å². The van der Waals surface area contributed by atoms with E-state index in [1.165, 1.54) is 12.3 Å². The maximum Gasteiger partial charge on any atom is 0.264 e. The molecule has 0 spiro atoms. The average Bonchev–Trinajstić information content (AvgIpc) is 2.67. The summed E-state index contributed by atoms with van der Waals surface area (Å²) in [5.41, 5.74) is 0.210. The predicted octanol–water partition coefficient (Wildman–Crippen LogP) is 0.369. The summed E-state index contributed by atoms with van der Waals surface area (Å²) in [4.78, 5) is 3.90. The van der Waals surface area contributed by atoms with Crippen molar-refractivity contribution in [2.24, 2.45) is 0 Å². The van der Waals surface area contributed by atoms with E-state index in [1.807, 2.05) is 0 Å². The molecular weight excluding hydrogens is 330 g/mol. The monoisotopic (exact) mass is 339 g/mol. The summed E-state index contributed by atoms with van der Waals surface area (Å²) in [6, 6.07) is 1.43. The molecule has 2 rings (SSSR count). The second-order valence-electron chi connectivity index (χ2n) is 4.05. The quantitative estimate of drug-likeness (QED) is 0.584. The Bertz CT molecular complexity index is 872. The molecule has 0 unspecified atom stereocenters. The van der Waals surface area contributed by atoms with E-state index in [0.717, 1.165) is 16.6 Å². The lowest BCUT2D eigenvalue weighted by Crippen LogP contribution is -2.14. The van der Waals surface area contributed by atoms with Gasteiger partial charge in [0.15, 0.2) is 0 Å². The van der Waals surface area contributed by atoms with Gasteiger partial charge in [-0.3, -0.25) is 4.18 Å². The second-order valence-corrected chi connectivity index (χ2v) is 7.89. The van der Waals surface area contributed by atoms with E-state index >= 15 is 0 Å². The maximum atomic E-state index is 11.6. The summed E-state index contributed by atoms with van der Waals surface area (Å²) >= 11 is 5.79. The highest BCUT2D eigenvalue weighted by molar-refractivity contribution is 7.89. The Kier molecular flexibility index (Phi) is 3.75. The molecule has 0 aliphatic carbocycles. The lowest BCUT2D eigenvalue weighted by atomic mass is 10.2. The number of halogens is 1. The first-order valence-electron chi connectivity index (χ1n) is 5.16. The standard InChI is InChI=1S/C9H10ClN3O5S2/c1-19(14,15)13-9-6(4-11-13)3-8(10)12-7(9)5-18-20(2,16)17/h3-4H,5H2,1-2H3. The minimum Gasteiger partial charge on any atom is -0.264 e. The molecule has 0 atom stereocenters. The van der Waals surface area contributed by atoms with Crippen LogP contribution in [0.1, 0.15) is 5.69 Å². The van der Waals surface area contributed by atoms with E-state index in [0.29, 0.717) is 5.39 Å². The van der Waals surface area contributed by atoms with Crippen LogP contribution in [0.5, 0.6) is 0 Å². The van der Waals surface area contributed by atoms with Crippen molar-refractivity contribution in [3.8, 4) is 0 Å². The van der Waals surface area contributed by atoms with Crippen molar-refractivity contribution >= 4 is 42.6 Å². The first kappa shape index (κ1) is 15.2.